The number of sulfonamides is 1. The Bertz CT molecular complexity index is 595. The van der Waals surface area contributed by atoms with Crippen LogP contribution in [0.15, 0.2) is 29.2 Å². The van der Waals surface area contributed by atoms with Gasteiger partial charge in [0.25, 0.3) is 0 Å². The van der Waals surface area contributed by atoms with Crippen molar-refractivity contribution in [3.63, 3.8) is 0 Å². The molecule has 0 spiro atoms. The first-order valence-electron chi connectivity index (χ1n) is 6.72. The molecule has 6 heteroatoms. The molecule has 0 saturated carbocycles. The largest absolute Gasteiger partial charge is 0.325 e. The predicted molar refractivity (Wildman–Crippen MR) is 76.5 cm³/mol. The van der Waals surface area contributed by atoms with E-state index >= 15 is 0 Å². The van der Waals surface area contributed by atoms with Crippen LogP contribution in [0.5, 0.6) is 0 Å². The summed E-state index contributed by atoms with van der Waals surface area (Å²) in [6, 6.07) is 6.70. The van der Waals surface area contributed by atoms with E-state index in [4.69, 9.17) is 0 Å². The number of nitrogens with zero attached hydrogens (tertiary/aromatic N) is 2. The Hall–Kier alpha value is -1.40. The molecule has 1 aliphatic rings. The number of hydrogen-bond acceptors (Lipinski definition) is 3. The van der Waals surface area contributed by atoms with Gasteiger partial charge >= 0.3 is 0 Å². The molecule has 110 valence electrons. The smallest absolute Gasteiger partial charge is 0.244 e. The second-order valence-corrected chi connectivity index (χ2v) is 7.10. The van der Waals surface area contributed by atoms with Crippen LogP contribution in [0.25, 0.3) is 0 Å². The number of carbonyl (C=O) groups is 1. The lowest BCUT2D eigenvalue weighted by molar-refractivity contribution is -0.131. The third kappa shape index (κ3) is 2.71. The van der Waals surface area contributed by atoms with Crippen molar-refractivity contribution in [2.24, 2.45) is 0 Å². The molecule has 0 aromatic heterocycles. The standard InChI is InChI=1S/C14H20N2O3S/c1-4-14(17)16-10-15(9-12(16)3)20(18,19)13-7-5-11(2)6-8-13/h5-8,12H,4,9-10H2,1-3H3/t12-/m0/s1. The summed E-state index contributed by atoms with van der Waals surface area (Å²) in [5, 5.41) is 0. The van der Waals surface area contributed by atoms with E-state index in [1.54, 1.807) is 36.1 Å². The van der Waals surface area contributed by atoms with Crippen LogP contribution >= 0.6 is 0 Å². The molecule has 2 rings (SSSR count). The van der Waals surface area contributed by atoms with Gasteiger partial charge in [0.1, 0.15) is 0 Å². The number of rotatable bonds is 3. The third-order valence-electron chi connectivity index (χ3n) is 3.59. The highest BCUT2D eigenvalue weighted by Crippen LogP contribution is 2.23. The Kier molecular flexibility index (Phi) is 4.15. The van der Waals surface area contributed by atoms with Crippen LogP contribution in [0, 0.1) is 6.92 Å². The Morgan fingerprint density at radius 1 is 1.30 bits per heavy atom. The highest BCUT2D eigenvalue weighted by atomic mass is 32.2. The number of amides is 1. The molecule has 1 aromatic rings. The minimum Gasteiger partial charge on any atom is -0.325 e. The van der Waals surface area contributed by atoms with E-state index in [-0.39, 0.29) is 23.5 Å². The van der Waals surface area contributed by atoms with Gasteiger partial charge in [-0.05, 0) is 26.0 Å². The molecule has 0 N–H and O–H groups in total. The van der Waals surface area contributed by atoms with E-state index in [1.807, 2.05) is 13.8 Å². The molecule has 1 fully saturated rings. The Morgan fingerprint density at radius 2 is 1.90 bits per heavy atom. The quantitative estimate of drug-likeness (QED) is 0.851. The summed E-state index contributed by atoms with van der Waals surface area (Å²) in [6.07, 6.45) is 0.392. The van der Waals surface area contributed by atoms with Crippen LogP contribution in [-0.4, -0.2) is 42.8 Å². The fourth-order valence-electron chi connectivity index (χ4n) is 2.32. The maximum absolute atomic E-state index is 12.5. The van der Waals surface area contributed by atoms with Crippen molar-refractivity contribution in [2.75, 3.05) is 13.2 Å². The van der Waals surface area contributed by atoms with Gasteiger partial charge in [-0.2, -0.15) is 4.31 Å². The van der Waals surface area contributed by atoms with Crippen LogP contribution in [-0.2, 0) is 14.8 Å². The summed E-state index contributed by atoms with van der Waals surface area (Å²) >= 11 is 0. The Morgan fingerprint density at radius 3 is 2.45 bits per heavy atom. The molecule has 1 aromatic carbocycles. The molecule has 1 heterocycles. The fraction of sp³-hybridized carbons (Fsp3) is 0.500. The van der Waals surface area contributed by atoms with Crippen LogP contribution in [0.2, 0.25) is 0 Å². The lowest BCUT2D eigenvalue weighted by Gasteiger charge is -2.20. The number of aryl methyl sites for hydroxylation is 1. The fourth-order valence-corrected chi connectivity index (χ4v) is 3.79. The summed E-state index contributed by atoms with van der Waals surface area (Å²) in [6.45, 7) is 6.06. The molecule has 5 nitrogen and oxygen atoms in total. The van der Waals surface area contributed by atoms with Crippen LogP contribution in [0.1, 0.15) is 25.8 Å². The molecule has 1 atom stereocenters. The number of hydrogen-bond donors (Lipinski definition) is 0. The molecule has 0 radical (unpaired) electrons. The van der Waals surface area contributed by atoms with Gasteiger partial charge in [-0.15, -0.1) is 0 Å². The first-order chi connectivity index (χ1) is 9.36. The molecule has 1 saturated heterocycles. The van der Waals surface area contributed by atoms with Crippen molar-refractivity contribution in [1.29, 1.82) is 0 Å². The minimum absolute atomic E-state index is 0.0147. The average molecular weight is 296 g/mol. The summed E-state index contributed by atoms with van der Waals surface area (Å²) in [5.74, 6) is -0.0147. The van der Waals surface area contributed by atoms with Crippen molar-refractivity contribution in [3.05, 3.63) is 29.8 Å². The first-order valence-corrected chi connectivity index (χ1v) is 8.16. The van der Waals surface area contributed by atoms with E-state index < -0.39 is 10.0 Å². The lowest BCUT2D eigenvalue weighted by Crippen LogP contribution is -2.35. The monoisotopic (exact) mass is 296 g/mol. The zero-order valence-corrected chi connectivity index (χ0v) is 12.9. The summed E-state index contributed by atoms with van der Waals surface area (Å²) in [4.78, 5) is 13.7. The molecule has 0 aliphatic carbocycles. The predicted octanol–water partition coefficient (Wildman–Crippen LogP) is 1.58. The summed E-state index contributed by atoms with van der Waals surface area (Å²) < 4.78 is 26.4. The van der Waals surface area contributed by atoms with Crippen molar-refractivity contribution < 1.29 is 13.2 Å². The van der Waals surface area contributed by atoms with E-state index in [0.29, 0.717) is 13.0 Å². The highest BCUT2D eigenvalue weighted by molar-refractivity contribution is 7.89. The van der Waals surface area contributed by atoms with Gasteiger partial charge in [0.05, 0.1) is 11.6 Å². The van der Waals surface area contributed by atoms with Gasteiger partial charge in [-0.25, -0.2) is 8.42 Å². The van der Waals surface area contributed by atoms with E-state index in [2.05, 4.69) is 0 Å². The molecule has 0 bridgehead atoms. The number of carbonyl (C=O) groups excluding carboxylic acids is 1. The zero-order valence-electron chi connectivity index (χ0n) is 12.0. The van der Waals surface area contributed by atoms with Crippen molar-refractivity contribution >= 4 is 15.9 Å². The Labute approximate surface area is 120 Å². The van der Waals surface area contributed by atoms with Gasteiger partial charge in [0, 0.05) is 19.0 Å². The van der Waals surface area contributed by atoms with Crippen LogP contribution in [0.3, 0.4) is 0 Å². The SMILES string of the molecule is CCC(=O)N1CN(S(=O)(=O)c2ccc(C)cc2)C[C@@H]1C. The number of benzene rings is 1. The third-order valence-corrected chi connectivity index (χ3v) is 5.40. The lowest BCUT2D eigenvalue weighted by atomic mass is 10.2. The molecule has 1 aliphatic heterocycles. The molecule has 1 amide bonds. The van der Waals surface area contributed by atoms with Crippen LogP contribution < -0.4 is 0 Å². The van der Waals surface area contributed by atoms with Crippen molar-refractivity contribution in [3.8, 4) is 0 Å². The average Bonchev–Trinajstić information content (AvgIpc) is 2.81. The van der Waals surface area contributed by atoms with Crippen molar-refractivity contribution in [2.45, 2.75) is 38.1 Å². The topological polar surface area (TPSA) is 57.7 Å². The zero-order chi connectivity index (χ0) is 14.9. The first kappa shape index (κ1) is 15.0. The van der Waals surface area contributed by atoms with E-state index in [9.17, 15) is 13.2 Å². The maximum atomic E-state index is 12.5. The summed E-state index contributed by atoms with van der Waals surface area (Å²) in [7, 11) is -3.52. The second kappa shape index (κ2) is 5.54. The molecular formula is C14H20N2O3S. The molecule has 20 heavy (non-hydrogen) atoms. The van der Waals surface area contributed by atoms with Gasteiger partial charge < -0.3 is 4.90 Å². The normalized spacial score (nSPS) is 20.4. The van der Waals surface area contributed by atoms with Gasteiger partial charge in [-0.3, -0.25) is 4.79 Å². The van der Waals surface area contributed by atoms with Gasteiger partial charge in [0.15, 0.2) is 0 Å². The van der Waals surface area contributed by atoms with Gasteiger partial charge in [0.2, 0.25) is 15.9 Å². The minimum atomic E-state index is -3.52. The highest BCUT2D eigenvalue weighted by Gasteiger charge is 2.37. The molecular weight excluding hydrogens is 276 g/mol. The maximum Gasteiger partial charge on any atom is 0.244 e. The molecule has 0 unspecified atom stereocenters. The second-order valence-electron chi connectivity index (χ2n) is 5.16. The summed E-state index contributed by atoms with van der Waals surface area (Å²) in [5.41, 5.74) is 1.02. The van der Waals surface area contributed by atoms with Crippen molar-refractivity contribution in [1.82, 2.24) is 9.21 Å². The van der Waals surface area contributed by atoms with E-state index in [0.717, 1.165) is 5.56 Å². The van der Waals surface area contributed by atoms with Gasteiger partial charge in [-0.1, -0.05) is 24.6 Å². The van der Waals surface area contributed by atoms with E-state index in [1.165, 1.54) is 4.31 Å². The Balaban J connectivity index is 2.24. The van der Waals surface area contributed by atoms with Crippen LogP contribution in [0.4, 0.5) is 0 Å².